The van der Waals surface area contributed by atoms with Crippen LogP contribution in [0.5, 0.6) is 0 Å². The number of benzene rings is 2. The number of rotatable bonds is 4. The smallest absolute Gasteiger partial charge is 0.261 e. The lowest BCUT2D eigenvalue weighted by molar-refractivity contribution is 0.0934. The Morgan fingerprint density at radius 1 is 1.17 bits per heavy atom. The van der Waals surface area contributed by atoms with Crippen molar-refractivity contribution in [1.29, 1.82) is 0 Å². The molecule has 3 aromatic rings. The second-order valence-corrected chi connectivity index (χ2v) is 6.02. The summed E-state index contributed by atoms with van der Waals surface area (Å²) in [7, 11) is 0. The molecule has 1 heterocycles. The summed E-state index contributed by atoms with van der Waals surface area (Å²) in [6.45, 7) is 1.98. The third-order valence-electron chi connectivity index (χ3n) is 3.98. The quantitative estimate of drug-likeness (QED) is 0.752. The Bertz CT molecular complexity index is 932. The first kappa shape index (κ1) is 16.3. The van der Waals surface area contributed by atoms with Crippen molar-refractivity contribution in [2.45, 2.75) is 19.4 Å². The Hall–Kier alpha value is -2.59. The van der Waals surface area contributed by atoms with Gasteiger partial charge in [-0.15, -0.1) is 0 Å². The number of para-hydroxylation sites is 1. The third kappa shape index (κ3) is 3.34. The SMILES string of the molecule is CCC(NC(=O)c1cc2ccccc2[nH]c1=O)c1ccc(Cl)cc1. The van der Waals surface area contributed by atoms with Crippen molar-refractivity contribution in [3.8, 4) is 0 Å². The first-order valence-electron chi connectivity index (χ1n) is 7.77. The molecule has 0 aliphatic rings. The zero-order valence-electron chi connectivity index (χ0n) is 13.2. The molecule has 1 amide bonds. The summed E-state index contributed by atoms with van der Waals surface area (Å²) < 4.78 is 0. The van der Waals surface area contributed by atoms with E-state index in [1.54, 1.807) is 24.3 Å². The van der Waals surface area contributed by atoms with Crippen LogP contribution in [0.4, 0.5) is 0 Å². The van der Waals surface area contributed by atoms with Crippen LogP contribution in [-0.2, 0) is 0 Å². The lowest BCUT2D eigenvalue weighted by atomic mass is 10.0. The van der Waals surface area contributed by atoms with Crippen molar-refractivity contribution < 1.29 is 4.79 Å². The van der Waals surface area contributed by atoms with Gasteiger partial charge in [-0.1, -0.05) is 48.9 Å². The van der Waals surface area contributed by atoms with E-state index >= 15 is 0 Å². The monoisotopic (exact) mass is 340 g/mol. The van der Waals surface area contributed by atoms with Gasteiger partial charge in [0.2, 0.25) is 0 Å². The molecule has 0 saturated carbocycles. The highest BCUT2D eigenvalue weighted by Crippen LogP contribution is 2.20. The Balaban J connectivity index is 1.89. The van der Waals surface area contributed by atoms with Crippen LogP contribution < -0.4 is 10.9 Å². The van der Waals surface area contributed by atoms with Gasteiger partial charge in [-0.3, -0.25) is 9.59 Å². The molecule has 5 heteroatoms. The summed E-state index contributed by atoms with van der Waals surface area (Å²) in [4.78, 5) is 27.5. The Morgan fingerprint density at radius 2 is 1.88 bits per heavy atom. The summed E-state index contributed by atoms with van der Waals surface area (Å²) in [6.07, 6.45) is 0.707. The third-order valence-corrected chi connectivity index (χ3v) is 4.24. The highest BCUT2D eigenvalue weighted by atomic mass is 35.5. The van der Waals surface area contributed by atoms with Crippen molar-refractivity contribution in [1.82, 2.24) is 10.3 Å². The molecule has 24 heavy (non-hydrogen) atoms. The van der Waals surface area contributed by atoms with Crippen molar-refractivity contribution >= 4 is 28.4 Å². The lowest BCUT2D eigenvalue weighted by Crippen LogP contribution is -2.32. The van der Waals surface area contributed by atoms with Crippen LogP contribution in [0.3, 0.4) is 0 Å². The molecule has 0 aliphatic heterocycles. The minimum atomic E-state index is -0.392. The molecule has 1 unspecified atom stereocenters. The van der Waals surface area contributed by atoms with E-state index in [1.165, 1.54) is 0 Å². The largest absolute Gasteiger partial charge is 0.345 e. The number of nitrogens with one attached hydrogen (secondary N) is 2. The molecule has 0 spiro atoms. The molecule has 1 atom stereocenters. The van der Waals surface area contributed by atoms with Gasteiger partial charge in [0.15, 0.2) is 0 Å². The van der Waals surface area contributed by atoms with Crippen LogP contribution in [0.15, 0.2) is 59.4 Å². The number of hydrogen-bond donors (Lipinski definition) is 2. The molecule has 1 aromatic heterocycles. The van der Waals surface area contributed by atoms with E-state index in [-0.39, 0.29) is 17.5 Å². The van der Waals surface area contributed by atoms with Gasteiger partial charge in [0.25, 0.3) is 11.5 Å². The number of carbonyl (C=O) groups excluding carboxylic acids is 1. The second-order valence-electron chi connectivity index (χ2n) is 5.59. The van der Waals surface area contributed by atoms with E-state index in [4.69, 9.17) is 11.6 Å². The van der Waals surface area contributed by atoms with Gasteiger partial charge in [0, 0.05) is 10.5 Å². The van der Waals surface area contributed by atoms with Crippen LogP contribution >= 0.6 is 11.6 Å². The van der Waals surface area contributed by atoms with E-state index in [0.29, 0.717) is 17.0 Å². The normalized spacial score (nSPS) is 12.1. The van der Waals surface area contributed by atoms with Crippen molar-refractivity contribution in [2.75, 3.05) is 0 Å². The number of hydrogen-bond acceptors (Lipinski definition) is 2. The average molecular weight is 341 g/mol. The number of aromatic nitrogens is 1. The topological polar surface area (TPSA) is 62.0 Å². The minimum absolute atomic E-state index is 0.112. The van der Waals surface area contributed by atoms with E-state index < -0.39 is 5.56 Å². The van der Waals surface area contributed by atoms with Gasteiger partial charge in [-0.25, -0.2) is 0 Å². The molecule has 0 radical (unpaired) electrons. The van der Waals surface area contributed by atoms with Gasteiger partial charge in [-0.05, 0) is 41.6 Å². The molecule has 122 valence electrons. The van der Waals surface area contributed by atoms with Crippen LogP contribution in [0, 0.1) is 0 Å². The van der Waals surface area contributed by atoms with E-state index in [9.17, 15) is 9.59 Å². The fraction of sp³-hybridized carbons (Fsp3) is 0.158. The summed E-state index contributed by atoms with van der Waals surface area (Å²) in [6, 6.07) is 16.1. The maximum Gasteiger partial charge on any atom is 0.261 e. The van der Waals surface area contributed by atoms with Crippen LogP contribution in [0.25, 0.3) is 10.9 Å². The molecule has 4 nitrogen and oxygen atoms in total. The van der Waals surface area contributed by atoms with Crippen LogP contribution in [0.1, 0.15) is 35.3 Å². The summed E-state index contributed by atoms with van der Waals surface area (Å²) >= 11 is 5.90. The Labute approximate surface area is 144 Å². The van der Waals surface area contributed by atoms with E-state index in [0.717, 1.165) is 10.9 Å². The molecule has 2 N–H and O–H groups in total. The molecule has 2 aromatic carbocycles. The standard InChI is InChI=1S/C19H17ClN2O2/c1-2-16(12-7-9-14(20)10-8-12)21-18(23)15-11-13-5-3-4-6-17(13)22-19(15)24/h3-11,16H,2H2,1H3,(H,21,23)(H,22,24). The number of aromatic amines is 1. The van der Waals surface area contributed by atoms with Gasteiger partial charge in [-0.2, -0.15) is 0 Å². The highest BCUT2D eigenvalue weighted by Gasteiger charge is 2.17. The second kappa shape index (κ2) is 6.89. The van der Waals surface area contributed by atoms with Crippen molar-refractivity contribution in [2.24, 2.45) is 0 Å². The van der Waals surface area contributed by atoms with Crippen molar-refractivity contribution in [3.05, 3.63) is 81.1 Å². The fourth-order valence-electron chi connectivity index (χ4n) is 2.67. The highest BCUT2D eigenvalue weighted by molar-refractivity contribution is 6.30. The number of pyridine rings is 1. The van der Waals surface area contributed by atoms with Crippen molar-refractivity contribution in [3.63, 3.8) is 0 Å². The number of H-pyrrole nitrogens is 1. The van der Waals surface area contributed by atoms with E-state index in [2.05, 4.69) is 10.3 Å². The molecule has 0 aliphatic carbocycles. The minimum Gasteiger partial charge on any atom is -0.345 e. The van der Waals surface area contributed by atoms with Gasteiger partial charge >= 0.3 is 0 Å². The van der Waals surface area contributed by atoms with Gasteiger partial charge in [0.05, 0.1) is 6.04 Å². The number of halogens is 1. The fourth-order valence-corrected chi connectivity index (χ4v) is 2.79. The molecule has 3 rings (SSSR count). The maximum absolute atomic E-state index is 12.6. The predicted octanol–water partition coefficient (Wildman–Crippen LogP) is 4.06. The maximum atomic E-state index is 12.6. The zero-order chi connectivity index (χ0) is 17.1. The molecule has 0 bridgehead atoms. The predicted molar refractivity (Wildman–Crippen MR) is 96.5 cm³/mol. The summed E-state index contributed by atoms with van der Waals surface area (Å²) in [5, 5.41) is 4.39. The number of carbonyl (C=O) groups is 1. The van der Waals surface area contributed by atoms with Gasteiger partial charge < -0.3 is 10.3 Å². The zero-order valence-corrected chi connectivity index (χ0v) is 13.9. The molecular formula is C19H17ClN2O2. The number of amides is 1. The average Bonchev–Trinajstić information content (AvgIpc) is 2.59. The van der Waals surface area contributed by atoms with Crippen LogP contribution in [0.2, 0.25) is 5.02 Å². The number of fused-ring (bicyclic) bond motifs is 1. The Kier molecular flexibility index (Phi) is 4.67. The Morgan fingerprint density at radius 3 is 2.58 bits per heavy atom. The molecule has 0 fully saturated rings. The first-order chi connectivity index (χ1) is 11.6. The molecule has 0 saturated heterocycles. The molecular weight excluding hydrogens is 324 g/mol. The van der Waals surface area contributed by atoms with Gasteiger partial charge in [0.1, 0.15) is 5.56 Å². The summed E-state index contributed by atoms with van der Waals surface area (Å²) in [5.41, 5.74) is 1.38. The lowest BCUT2D eigenvalue weighted by Gasteiger charge is -2.17. The van der Waals surface area contributed by atoms with E-state index in [1.807, 2.05) is 37.3 Å². The summed E-state index contributed by atoms with van der Waals surface area (Å²) in [5.74, 6) is -0.385. The van der Waals surface area contributed by atoms with Crippen LogP contribution in [-0.4, -0.2) is 10.9 Å². The first-order valence-corrected chi connectivity index (χ1v) is 8.14.